The first-order chi connectivity index (χ1) is 18.9. The first-order valence-electron chi connectivity index (χ1n) is 12.4. The number of aliphatic hydroxyl groups is 1. The van der Waals surface area contributed by atoms with Crippen LogP contribution in [0.15, 0.2) is 71.3 Å². The van der Waals surface area contributed by atoms with E-state index in [2.05, 4.69) is 10.3 Å². The number of likely N-dealkylation sites (tertiary alicyclic amines) is 1. The van der Waals surface area contributed by atoms with Gasteiger partial charge in [-0.05, 0) is 65.6 Å². The van der Waals surface area contributed by atoms with Crippen molar-refractivity contribution in [1.82, 2.24) is 15.2 Å². The molecule has 3 heterocycles. The number of nitrogen functional groups attached to an aromatic ring is 1. The van der Waals surface area contributed by atoms with E-state index in [0.29, 0.717) is 28.1 Å². The summed E-state index contributed by atoms with van der Waals surface area (Å²) in [7, 11) is 0. The Labute approximate surface area is 226 Å². The monoisotopic (exact) mass is 554 g/mol. The summed E-state index contributed by atoms with van der Waals surface area (Å²) in [5.74, 6) is 0.0323. The maximum atomic E-state index is 14.0. The molecule has 1 atom stereocenters. The van der Waals surface area contributed by atoms with Gasteiger partial charge in [-0.2, -0.15) is 13.2 Å². The van der Waals surface area contributed by atoms with E-state index in [1.165, 1.54) is 31.3 Å². The quantitative estimate of drug-likeness (QED) is 0.207. The van der Waals surface area contributed by atoms with Gasteiger partial charge in [-0.15, -0.1) is 0 Å². The molecule has 0 bridgehead atoms. The Morgan fingerprint density at radius 3 is 2.52 bits per heavy atom. The minimum Gasteiger partial charge on any atom is -0.459 e. The molecule has 2 aromatic heterocycles. The Kier molecular flexibility index (Phi) is 7.11. The fraction of sp³-hybridized carbons (Fsp3) is 0.241. The number of aromatic nitrogens is 1. The number of aliphatic hydroxyl groups excluding tert-OH is 1. The van der Waals surface area contributed by atoms with Crippen LogP contribution in [0, 0.1) is 0 Å². The number of hydrogen-bond donors (Lipinski definition) is 3. The lowest BCUT2D eigenvalue weighted by Gasteiger charge is -2.44. The number of carbonyl (C=O) groups is 1. The number of halogens is 4. The molecule has 4 N–H and O–H groups in total. The first kappa shape index (κ1) is 27.4. The van der Waals surface area contributed by atoms with E-state index in [4.69, 9.17) is 10.2 Å². The fourth-order valence-electron chi connectivity index (χ4n) is 4.62. The van der Waals surface area contributed by atoms with Crippen molar-refractivity contribution in [1.29, 1.82) is 0 Å². The molecule has 5 rings (SSSR count). The summed E-state index contributed by atoms with van der Waals surface area (Å²) >= 11 is 0. The number of fused-ring (bicyclic) bond motifs is 1. The van der Waals surface area contributed by atoms with Gasteiger partial charge in [0.1, 0.15) is 29.1 Å². The maximum absolute atomic E-state index is 14.0. The van der Waals surface area contributed by atoms with Crippen LogP contribution in [0.1, 0.15) is 35.6 Å². The van der Waals surface area contributed by atoms with Crippen molar-refractivity contribution in [2.75, 3.05) is 18.8 Å². The van der Waals surface area contributed by atoms with Gasteiger partial charge in [0, 0.05) is 30.7 Å². The maximum Gasteiger partial charge on any atom is 0.420 e. The zero-order valence-corrected chi connectivity index (χ0v) is 21.4. The minimum absolute atomic E-state index is 0.0984. The van der Waals surface area contributed by atoms with Crippen LogP contribution in [0.25, 0.3) is 28.2 Å². The zero-order valence-electron chi connectivity index (χ0n) is 21.4. The standard InChI is InChI=1S/C29H26F4N4O3/c1-28(30)15-37(16-28)27(39)19-6-4-18(5-7-19)20-10-21-11-22(40-26(21)23(12-20)29(31,32)33)14-36-25(38)9-3-17-2-8-24(34)35-13-17/h2-13,27,39H,14-16H2,1H3,(H2,34,35)(H,36,38)/b9-3+. The molecular weight excluding hydrogens is 528 g/mol. The van der Waals surface area contributed by atoms with Crippen molar-refractivity contribution in [2.24, 2.45) is 0 Å². The smallest absolute Gasteiger partial charge is 0.420 e. The molecule has 40 heavy (non-hydrogen) atoms. The summed E-state index contributed by atoms with van der Waals surface area (Å²) in [4.78, 5) is 17.7. The van der Waals surface area contributed by atoms with E-state index >= 15 is 0 Å². The topological polar surface area (TPSA) is 105 Å². The van der Waals surface area contributed by atoms with Gasteiger partial charge in [-0.1, -0.05) is 24.3 Å². The summed E-state index contributed by atoms with van der Waals surface area (Å²) in [6.45, 7) is 1.54. The van der Waals surface area contributed by atoms with Gasteiger partial charge >= 0.3 is 6.18 Å². The van der Waals surface area contributed by atoms with Crippen LogP contribution in [0.3, 0.4) is 0 Å². The van der Waals surface area contributed by atoms with Gasteiger partial charge in [0.2, 0.25) is 5.91 Å². The fourth-order valence-corrected chi connectivity index (χ4v) is 4.62. The van der Waals surface area contributed by atoms with E-state index in [1.807, 2.05) is 0 Å². The number of nitrogens with one attached hydrogen (secondary N) is 1. The Morgan fingerprint density at radius 1 is 1.18 bits per heavy atom. The second kappa shape index (κ2) is 10.4. The van der Waals surface area contributed by atoms with E-state index in [-0.39, 0.29) is 36.4 Å². The largest absolute Gasteiger partial charge is 0.459 e. The molecule has 1 fully saturated rings. The predicted molar refractivity (Wildman–Crippen MR) is 142 cm³/mol. The average molecular weight is 555 g/mol. The molecule has 1 aliphatic heterocycles. The summed E-state index contributed by atoms with van der Waals surface area (Å²) in [6.07, 6.45) is -1.39. The van der Waals surface area contributed by atoms with Crippen molar-refractivity contribution in [3.8, 4) is 11.1 Å². The number of carbonyl (C=O) groups excluding carboxylic acids is 1. The Hall–Kier alpha value is -4.22. The molecule has 0 saturated carbocycles. The molecule has 0 aliphatic carbocycles. The predicted octanol–water partition coefficient (Wildman–Crippen LogP) is 5.46. The molecule has 1 amide bonds. The molecule has 0 spiro atoms. The number of rotatable bonds is 7. The normalized spacial score (nSPS) is 16.2. The third-order valence-electron chi connectivity index (χ3n) is 6.60. The lowest BCUT2D eigenvalue weighted by molar-refractivity contribution is -0.136. The van der Waals surface area contributed by atoms with E-state index < -0.39 is 29.5 Å². The van der Waals surface area contributed by atoms with Gasteiger partial charge in [-0.3, -0.25) is 9.69 Å². The van der Waals surface area contributed by atoms with Gasteiger partial charge < -0.3 is 20.6 Å². The van der Waals surface area contributed by atoms with E-state index in [9.17, 15) is 27.5 Å². The van der Waals surface area contributed by atoms with Crippen LogP contribution in [0.2, 0.25) is 0 Å². The Balaban J connectivity index is 1.34. The van der Waals surface area contributed by atoms with Gasteiger partial charge in [-0.25, -0.2) is 9.37 Å². The lowest BCUT2D eigenvalue weighted by atomic mass is 9.96. The van der Waals surface area contributed by atoms with Gasteiger partial charge in [0.25, 0.3) is 0 Å². The number of hydrogen-bond acceptors (Lipinski definition) is 6. The number of nitrogens with two attached hydrogens (primary N) is 1. The summed E-state index contributed by atoms with van der Waals surface area (Å²) in [5, 5.41) is 13.3. The van der Waals surface area contributed by atoms with Crippen LogP contribution >= 0.6 is 0 Å². The van der Waals surface area contributed by atoms with Crippen LogP contribution in [-0.4, -0.2) is 39.7 Å². The highest BCUT2D eigenvalue weighted by Crippen LogP contribution is 2.40. The number of amides is 1. The third-order valence-corrected chi connectivity index (χ3v) is 6.60. The number of alkyl halides is 4. The van der Waals surface area contributed by atoms with Crippen LogP contribution in [0.4, 0.5) is 23.4 Å². The highest BCUT2D eigenvalue weighted by Gasteiger charge is 2.42. The van der Waals surface area contributed by atoms with E-state index in [0.717, 1.165) is 6.07 Å². The third kappa shape index (κ3) is 6.00. The second-order valence-corrected chi connectivity index (χ2v) is 10.0. The number of anilines is 1. The van der Waals surface area contributed by atoms with Crippen molar-refractivity contribution >= 4 is 28.8 Å². The van der Waals surface area contributed by atoms with Gasteiger partial charge in [0.05, 0.1) is 12.1 Å². The molecule has 4 aromatic rings. The molecule has 2 aromatic carbocycles. The van der Waals surface area contributed by atoms with Gasteiger partial charge in [0.15, 0.2) is 0 Å². The highest BCUT2D eigenvalue weighted by atomic mass is 19.4. The number of pyridine rings is 1. The molecule has 208 valence electrons. The lowest BCUT2D eigenvalue weighted by Crippen LogP contribution is -2.58. The number of furan rings is 1. The Morgan fingerprint density at radius 2 is 1.90 bits per heavy atom. The van der Waals surface area contributed by atoms with Crippen molar-refractivity contribution in [3.05, 3.63) is 89.3 Å². The van der Waals surface area contributed by atoms with Crippen LogP contribution in [-0.2, 0) is 17.5 Å². The molecule has 7 nitrogen and oxygen atoms in total. The summed E-state index contributed by atoms with van der Waals surface area (Å²) in [6, 6.07) is 13.7. The molecule has 1 aliphatic rings. The summed E-state index contributed by atoms with van der Waals surface area (Å²) in [5.41, 5.74) is 4.88. The molecular formula is C29H26F4N4O3. The number of benzene rings is 2. The number of nitrogens with zero attached hydrogens (tertiary/aromatic N) is 2. The molecule has 1 saturated heterocycles. The summed E-state index contributed by atoms with van der Waals surface area (Å²) < 4.78 is 61.2. The van der Waals surface area contributed by atoms with Crippen molar-refractivity contribution in [2.45, 2.75) is 31.5 Å². The average Bonchev–Trinajstić information content (AvgIpc) is 3.31. The minimum atomic E-state index is -4.69. The molecule has 11 heteroatoms. The Bertz CT molecular complexity index is 1550. The van der Waals surface area contributed by atoms with E-state index in [1.54, 1.807) is 47.4 Å². The molecule has 0 radical (unpaired) electrons. The zero-order chi connectivity index (χ0) is 28.7. The SMILES string of the molecule is CC1(F)CN(C(O)c2ccc(-c3cc(C(F)(F)F)c4oc(CNC(=O)/C=C/c5ccc(N)nc5)cc4c3)cc2)C1. The molecule has 1 unspecified atom stereocenters. The second-order valence-electron chi connectivity index (χ2n) is 10.0. The van der Waals surface area contributed by atoms with Crippen LogP contribution in [0.5, 0.6) is 0 Å². The van der Waals surface area contributed by atoms with Crippen LogP contribution < -0.4 is 11.1 Å². The highest BCUT2D eigenvalue weighted by molar-refractivity contribution is 5.92. The van der Waals surface area contributed by atoms with Crippen molar-refractivity contribution in [3.63, 3.8) is 0 Å². The first-order valence-corrected chi connectivity index (χ1v) is 12.4. The van der Waals surface area contributed by atoms with Crippen molar-refractivity contribution < 1.29 is 31.9 Å².